The van der Waals surface area contributed by atoms with Gasteiger partial charge in [0.15, 0.2) is 6.23 Å². The molecule has 9 aromatic rings. The molecular weight excluding hydrogens is 1600 g/mol. The first-order chi connectivity index (χ1) is 51.7. The molecule has 0 spiro atoms. The van der Waals surface area contributed by atoms with E-state index in [9.17, 15) is 75.4 Å². The molecule has 0 bridgehead atoms. The number of aromatic amines is 1. The molecule has 0 aromatic carbocycles. The molecule has 23 nitrogen and oxygen atoms in total. The summed E-state index contributed by atoms with van der Waals surface area (Å²) >= 11 is 2.84. The maximum atomic E-state index is 12.9. The molecule has 4 aliphatic heterocycles. The highest BCUT2D eigenvalue weighted by atomic mass is 79.9. The number of hydrogen-bond acceptors (Lipinski definition) is 18. The number of nitrogens with zero attached hydrogens (tertiary/aromatic N) is 13. The number of carbonyl (C=O) groups excluding carboxylic acids is 2. The number of pyridine rings is 4. The van der Waals surface area contributed by atoms with Crippen LogP contribution in [0.5, 0.6) is 0 Å². The Morgan fingerprint density at radius 2 is 0.946 bits per heavy atom. The molecule has 0 amide bonds. The van der Waals surface area contributed by atoms with Crippen molar-refractivity contribution in [2.24, 2.45) is 5.92 Å². The van der Waals surface area contributed by atoms with Crippen molar-refractivity contribution in [1.29, 1.82) is 0 Å². The van der Waals surface area contributed by atoms with Gasteiger partial charge in [0, 0.05) is 62.8 Å². The van der Waals surface area contributed by atoms with Crippen LogP contribution in [0.4, 0.5) is 75.4 Å². The molecule has 2 N–H and O–H groups in total. The Labute approximate surface area is 648 Å². The largest absolute Gasteiger partial charge is 0.514 e. The molecule has 13 heterocycles. The molecule has 4 fully saturated rings. The summed E-state index contributed by atoms with van der Waals surface area (Å²) in [4.78, 5) is 39.4. The van der Waals surface area contributed by atoms with Gasteiger partial charge >= 0.3 is 50.2 Å². The fourth-order valence-electron chi connectivity index (χ4n) is 10.9. The molecule has 41 heteroatoms. The quantitative estimate of drug-likeness (QED) is 0.0854. The predicted octanol–water partition coefficient (Wildman–Crippen LogP) is 18.3. The van der Waals surface area contributed by atoms with Gasteiger partial charge in [-0.3, -0.25) is 20.1 Å². The van der Waals surface area contributed by atoms with Gasteiger partial charge in [-0.25, -0.2) is 23.9 Å². The van der Waals surface area contributed by atoms with E-state index in [4.69, 9.17) is 28.3 Å². The van der Waals surface area contributed by atoms with E-state index in [1.807, 2.05) is 10.7 Å². The monoisotopic (exact) mass is 1680 g/mol. The second kappa shape index (κ2) is 37.4. The molecular formula is C71H81BBrClF15N15O8. The normalized spacial score (nSPS) is 18.5. The molecule has 112 heavy (non-hydrogen) atoms. The van der Waals surface area contributed by atoms with E-state index >= 15 is 0 Å². The third kappa shape index (κ3) is 25.6. The van der Waals surface area contributed by atoms with Gasteiger partial charge < -0.3 is 33.6 Å². The number of rotatable bonds is 7. The van der Waals surface area contributed by atoms with Gasteiger partial charge in [0.1, 0.15) is 22.0 Å². The van der Waals surface area contributed by atoms with Crippen molar-refractivity contribution >= 4 is 53.2 Å². The van der Waals surface area contributed by atoms with Crippen molar-refractivity contribution in [2.45, 2.75) is 192 Å². The highest BCUT2D eigenvalue weighted by Crippen LogP contribution is 2.41. The smallest absolute Gasteiger partial charge is 0.442 e. The minimum Gasteiger partial charge on any atom is -0.442 e. The first kappa shape index (κ1) is 90.4. The van der Waals surface area contributed by atoms with E-state index in [-0.39, 0.29) is 89.9 Å². The molecule has 4 saturated heterocycles. The Bertz CT molecular complexity index is 4450. The van der Waals surface area contributed by atoms with Crippen LogP contribution in [0, 0.1) is 5.92 Å². The maximum Gasteiger partial charge on any atom is 0.514 e. The third-order valence-corrected chi connectivity index (χ3v) is 17.4. The number of alkyl halides is 15. The summed E-state index contributed by atoms with van der Waals surface area (Å²) in [6.45, 7) is 20.1. The number of ether oxygens (including phenoxy) is 4. The average molecular weight is 1680 g/mol. The van der Waals surface area contributed by atoms with E-state index in [0.29, 0.717) is 23.7 Å². The topological polar surface area (TPSA) is 253 Å². The Kier molecular flexibility index (Phi) is 30.2. The van der Waals surface area contributed by atoms with E-state index in [1.54, 1.807) is 76.8 Å². The van der Waals surface area contributed by atoms with Crippen LogP contribution in [-0.2, 0) is 53.0 Å². The van der Waals surface area contributed by atoms with Crippen LogP contribution in [0.25, 0.3) is 34.2 Å². The molecule has 0 saturated carbocycles. The van der Waals surface area contributed by atoms with Crippen molar-refractivity contribution in [3.8, 4) is 34.2 Å². The van der Waals surface area contributed by atoms with Crippen LogP contribution in [0.1, 0.15) is 167 Å². The lowest BCUT2D eigenvalue weighted by atomic mass is 9.84. The Morgan fingerprint density at radius 3 is 1.42 bits per heavy atom. The fraction of sp³-hybridized carbons (Fsp3) is 0.479. The summed E-state index contributed by atoms with van der Waals surface area (Å²) in [6, 6.07) is 15.0. The molecule has 0 radical (unpaired) electrons. The summed E-state index contributed by atoms with van der Waals surface area (Å²) in [5, 5.41) is 25.5. The van der Waals surface area contributed by atoms with Gasteiger partial charge in [-0.1, -0.05) is 0 Å². The third-order valence-electron chi connectivity index (χ3n) is 17.0. The number of piperidine rings is 1. The maximum absolute atomic E-state index is 12.9. The van der Waals surface area contributed by atoms with Gasteiger partial charge in [0.2, 0.25) is 0 Å². The summed E-state index contributed by atoms with van der Waals surface area (Å²) in [6.07, 6.45) is -5.51. The summed E-state index contributed by atoms with van der Waals surface area (Å²) < 4.78 is 228. The molecule has 2 unspecified atom stereocenters. The lowest BCUT2D eigenvalue weighted by Crippen LogP contribution is -2.42. The van der Waals surface area contributed by atoms with Gasteiger partial charge in [-0.05, 0) is 222 Å². The second-order valence-electron chi connectivity index (χ2n) is 28.2. The highest BCUT2D eigenvalue weighted by Gasteiger charge is 2.53. The fourth-order valence-corrected chi connectivity index (χ4v) is 11.3. The van der Waals surface area contributed by atoms with Gasteiger partial charge in [0.25, 0.3) is 0 Å². The molecule has 9 aromatic heterocycles. The van der Waals surface area contributed by atoms with Crippen LogP contribution in [0.15, 0.2) is 139 Å². The van der Waals surface area contributed by atoms with Crippen LogP contribution >= 0.6 is 28.3 Å². The zero-order valence-electron chi connectivity index (χ0n) is 61.9. The summed E-state index contributed by atoms with van der Waals surface area (Å²) in [5.41, 5.74) is -2.19. The van der Waals surface area contributed by atoms with Crippen molar-refractivity contribution in [1.82, 2.24) is 74.6 Å². The molecule has 4 atom stereocenters. The molecule has 0 aliphatic carbocycles. The Morgan fingerprint density at radius 1 is 0.509 bits per heavy atom. The Balaban J connectivity index is 0.000000188. The summed E-state index contributed by atoms with van der Waals surface area (Å²) in [7, 11) is -0.381. The van der Waals surface area contributed by atoms with Crippen molar-refractivity contribution < 1.29 is 104 Å². The van der Waals surface area contributed by atoms with Gasteiger partial charge in [0.05, 0.1) is 97.1 Å². The number of nitrogens with one attached hydrogen (secondary N) is 2. The zero-order chi connectivity index (χ0) is 81.7. The number of hydrogen-bond donors (Lipinski definition) is 2. The first-order valence-corrected chi connectivity index (χ1v) is 35.3. The SMILES string of the molecule is CC(C)(C)OC(=O)n1nccc1-c1cc(C(F)(F)F)ccn1.CC(C)(C)OC(=O)n1nccc1[C@@H]1C[C@H](C(F)(F)F)CCN1.CC1(C)OB(c2ccnn2C2CCCCO2)OC1(C)C.Cl.FC(F)(F)c1ccnc(-c2ccn[nH]2)c1.FC(F)(F)c1ccnc(-c2ccnn2C2CCCCO2)c1.FC(F)(F)c1ccnc(Br)c1. The van der Waals surface area contributed by atoms with Crippen molar-refractivity contribution in [2.75, 3.05) is 19.8 Å². The lowest BCUT2D eigenvalue weighted by Gasteiger charge is -2.32. The van der Waals surface area contributed by atoms with Crippen LogP contribution in [0.3, 0.4) is 0 Å². The molecule has 4 aliphatic rings. The molecule has 610 valence electrons. The number of aromatic nitrogens is 14. The zero-order valence-corrected chi connectivity index (χ0v) is 64.3. The Hall–Kier alpha value is -8.83. The number of halogens is 17. The van der Waals surface area contributed by atoms with E-state index in [2.05, 4.69) is 99.5 Å². The standard InChI is InChI=1S/C14H23BN2O3.C14H20F3N3O2.C14H14F3N3O2.C14H14F3N3O.C9H6F3N3.C6H3BrF3N.ClH/c1-13(2)14(3,4)20-15(19-13)11-8-9-16-17(11)12-7-5-6-10-18-12;2*1-13(2,3)22-12(21)20-11(5-7-19-20)10-8-9(4-6-18-10)14(15,16)17;15-14(16,17)10-4-6-18-11(9-10)12-5-7-19-20(12)13-3-1-2-8-21-13;10-9(11,12)6-1-3-13-8(5-6)7-2-4-14-15-7;7-5-3-4(1-2-11-5)6(8,9)10;/h8-9,12H,5-7,10H2,1-4H3;5,7,9-10,18H,4,6,8H2,1-3H3;4-8H,1-3H3;4-7,9,13H,1-3,8H2;1-5H,(H,14,15);1-3H;1H/t;9-,10+;;;;;/m.1...../s1. The van der Waals surface area contributed by atoms with Crippen LogP contribution in [0.2, 0.25) is 0 Å². The second-order valence-corrected chi connectivity index (χ2v) is 29.0. The van der Waals surface area contributed by atoms with E-state index in [0.717, 1.165) is 127 Å². The minimum absolute atomic E-state index is 0. The van der Waals surface area contributed by atoms with Gasteiger partial charge in [-0.2, -0.15) is 101 Å². The number of carbonyl (C=O) groups is 2. The molecule has 13 rings (SSSR count). The van der Waals surface area contributed by atoms with Crippen LogP contribution < -0.4 is 10.9 Å². The predicted molar refractivity (Wildman–Crippen MR) is 383 cm³/mol. The van der Waals surface area contributed by atoms with E-state index in [1.165, 1.54) is 31.1 Å². The van der Waals surface area contributed by atoms with E-state index < -0.39 is 88.5 Å². The first-order valence-electron chi connectivity index (χ1n) is 34.5. The number of H-pyrrole nitrogens is 1. The minimum atomic E-state index is -4.49. The summed E-state index contributed by atoms with van der Waals surface area (Å²) in [5.74, 6) is -1.37. The van der Waals surface area contributed by atoms with Crippen molar-refractivity contribution in [3.05, 3.63) is 167 Å². The van der Waals surface area contributed by atoms with Crippen LogP contribution in [-0.4, -0.2) is 137 Å². The highest BCUT2D eigenvalue weighted by molar-refractivity contribution is 9.10. The van der Waals surface area contributed by atoms with Gasteiger partial charge in [-0.15, -0.1) is 12.4 Å². The average Bonchev–Trinajstić information content (AvgIpc) is 1.61. The van der Waals surface area contributed by atoms with Crippen molar-refractivity contribution in [3.63, 3.8) is 0 Å². The lowest BCUT2D eigenvalue weighted by molar-refractivity contribution is -0.183.